The zero-order valence-electron chi connectivity index (χ0n) is 12.5. The molecule has 1 aromatic carbocycles. The third kappa shape index (κ3) is 2.74. The first-order chi connectivity index (χ1) is 10.7. The van der Waals surface area contributed by atoms with Gasteiger partial charge in [0, 0.05) is 24.5 Å². The van der Waals surface area contributed by atoms with Crippen molar-refractivity contribution >= 4 is 5.91 Å². The fraction of sp³-hybridized carbons (Fsp3) is 0.333. The number of aliphatic hydroxyl groups is 1. The Balaban J connectivity index is 1.88. The molecule has 0 spiro atoms. The second-order valence-corrected chi connectivity index (χ2v) is 5.84. The minimum Gasteiger partial charge on any atom is -0.394 e. The number of pyridine rings is 1. The van der Waals surface area contributed by atoms with E-state index in [0.29, 0.717) is 18.5 Å². The number of carbonyl (C=O) groups is 1. The van der Waals surface area contributed by atoms with E-state index < -0.39 is 5.54 Å². The van der Waals surface area contributed by atoms with Crippen LogP contribution in [0.5, 0.6) is 0 Å². The van der Waals surface area contributed by atoms with Crippen molar-refractivity contribution in [2.24, 2.45) is 0 Å². The Morgan fingerprint density at radius 2 is 1.91 bits per heavy atom. The minimum atomic E-state index is -0.498. The Labute approximate surface area is 130 Å². The summed E-state index contributed by atoms with van der Waals surface area (Å²) in [5.74, 6) is -0.0233. The number of amides is 1. The molecule has 1 aliphatic heterocycles. The number of likely N-dealkylation sites (tertiary alicyclic amines) is 1. The molecule has 114 valence electrons. The first-order valence-corrected chi connectivity index (χ1v) is 7.62. The van der Waals surface area contributed by atoms with Gasteiger partial charge in [0.1, 0.15) is 0 Å². The number of aliphatic hydroxyl groups excluding tert-OH is 1. The predicted octanol–water partition coefficient (Wildman–Crippen LogP) is 2.29. The van der Waals surface area contributed by atoms with Crippen molar-refractivity contribution in [2.45, 2.75) is 24.8 Å². The van der Waals surface area contributed by atoms with Crippen molar-refractivity contribution in [1.29, 1.82) is 0 Å². The second kappa shape index (κ2) is 6.28. The Bertz CT molecular complexity index is 630. The Morgan fingerprint density at radius 1 is 1.18 bits per heavy atom. The molecule has 2 heterocycles. The molecule has 1 aromatic heterocycles. The molecule has 1 unspecified atom stereocenters. The van der Waals surface area contributed by atoms with Gasteiger partial charge < -0.3 is 10.0 Å². The highest BCUT2D eigenvalue weighted by Gasteiger charge is 2.43. The van der Waals surface area contributed by atoms with Gasteiger partial charge in [-0.2, -0.15) is 0 Å². The van der Waals surface area contributed by atoms with E-state index in [4.69, 9.17) is 0 Å². The highest BCUT2D eigenvalue weighted by Crippen LogP contribution is 2.33. The topological polar surface area (TPSA) is 53.4 Å². The summed E-state index contributed by atoms with van der Waals surface area (Å²) in [6.45, 7) is 0.674. The lowest BCUT2D eigenvalue weighted by atomic mass is 9.88. The largest absolute Gasteiger partial charge is 0.394 e. The van der Waals surface area contributed by atoms with E-state index in [9.17, 15) is 9.90 Å². The van der Waals surface area contributed by atoms with Crippen molar-refractivity contribution in [2.75, 3.05) is 13.2 Å². The third-order valence-corrected chi connectivity index (χ3v) is 4.44. The maximum atomic E-state index is 12.8. The SMILES string of the molecule is O=C(c1ccncc1)N1CCCC1(CO)Cc1ccccc1. The van der Waals surface area contributed by atoms with Crippen molar-refractivity contribution in [3.8, 4) is 0 Å². The van der Waals surface area contributed by atoms with Gasteiger partial charge in [0.15, 0.2) is 0 Å². The van der Waals surface area contributed by atoms with Crippen LogP contribution in [0.2, 0.25) is 0 Å². The molecule has 0 bridgehead atoms. The number of nitrogens with zero attached hydrogens (tertiary/aromatic N) is 2. The zero-order chi connectivity index (χ0) is 15.4. The normalized spacial score (nSPS) is 21.0. The van der Waals surface area contributed by atoms with Gasteiger partial charge in [-0.05, 0) is 37.0 Å². The Morgan fingerprint density at radius 3 is 2.59 bits per heavy atom. The number of rotatable bonds is 4. The van der Waals surface area contributed by atoms with Gasteiger partial charge in [0.2, 0.25) is 0 Å². The van der Waals surface area contributed by atoms with Gasteiger partial charge in [-0.3, -0.25) is 9.78 Å². The molecule has 4 nitrogen and oxygen atoms in total. The minimum absolute atomic E-state index is 0.0152. The fourth-order valence-corrected chi connectivity index (χ4v) is 3.29. The average molecular weight is 296 g/mol. The molecule has 4 heteroatoms. The lowest BCUT2D eigenvalue weighted by Crippen LogP contribution is -2.51. The van der Waals surface area contributed by atoms with Crippen LogP contribution in [0.4, 0.5) is 0 Å². The fourth-order valence-electron chi connectivity index (χ4n) is 3.29. The van der Waals surface area contributed by atoms with Gasteiger partial charge in [-0.15, -0.1) is 0 Å². The van der Waals surface area contributed by atoms with Crippen LogP contribution in [0.3, 0.4) is 0 Å². The van der Waals surface area contributed by atoms with Crippen LogP contribution in [-0.2, 0) is 6.42 Å². The number of hydrogen-bond donors (Lipinski definition) is 1. The molecule has 0 aliphatic carbocycles. The molecule has 1 amide bonds. The van der Waals surface area contributed by atoms with E-state index >= 15 is 0 Å². The van der Waals surface area contributed by atoms with Crippen LogP contribution >= 0.6 is 0 Å². The van der Waals surface area contributed by atoms with Gasteiger partial charge >= 0.3 is 0 Å². The molecule has 3 rings (SSSR count). The number of aromatic nitrogens is 1. The summed E-state index contributed by atoms with van der Waals surface area (Å²) in [7, 11) is 0. The van der Waals surface area contributed by atoms with E-state index in [-0.39, 0.29) is 12.5 Å². The molecule has 1 saturated heterocycles. The van der Waals surface area contributed by atoms with Crippen molar-refractivity contribution in [3.63, 3.8) is 0 Å². The molecule has 0 saturated carbocycles. The Kier molecular flexibility index (Phi) is 4.20. The van der Waals surface area contributed by atoms with E-state index in [1.165, 1.54) is 0 Å². The van der Waals surface area contributed by atoms with E-state index in [1.54, 1.807) is 24.5 Å². The van der Waals surface area contributed by atoms with Gasteiger partial charge in [0.05, 0.1) is 12.1 Å². The van der Waals surface area contributed by atoms with Crippen LogP contribution < -0.4 is 0 Å². The van der Waals surface area contributed by atoms with Crippen LogP contribution in [-0.4, -0.2) is 39.6 Å². The summed E-state index contributed by atoms with van der Waals surface area (Å²) >= 11 is 0. The molecule has 22 heavy (non-hydrogen) atoms. The molecule has 1 N–H and O–H groups in total. The van der Waals surface area contributed by atoms with Crippen molar-refractivity contribution in [3.05, 3.63) is 66.0 Å². The van der Waals surface area contributed by atoms with Gasteiger partial charge in [0.25, 0.3) is 5.91 Å². The molecule has 1 fully saturated rings. The van der Waals surface area contributed by atoms with Crippen LogP contribution in [0.1, 0.15) is 28.8 Å². The molecular weight excluding hydrogens is 276 g/mol. The van der Waals surface area contributed by atoms with Gasteiger partial charge in [-0.25, -0.2) is 0 Å². The van der Waals surface area contributed by atoms with Crippen molar-refractivity contribution < 1.29 is 9.90 Å². The standard InChI is InChI=1S/C18H20N2O2/c21-14-18(13-15-5-2-1-3-6-15)9-4-12-20(18)17(22)16-7-10-19-11-8-16/h1-3,5-8,10-11,21H,4,9,12-14H2. The smallest absolute Gasteiger partial charge is 0.254 e. The summed E-state index contributed by atoms with van der Waals surface area (Å²) in [5, 5.41) is 10.0. The predicted molar refractivity (Wildman–Crippen MR) is 84.5 cm³/mol. The molecule has 2 aromatic rings. The quantitative estimate of drug-likeness (QED) is 0.942. The zero-order valence-corrected chi connectivity index (χ0v) is 12.5. The first-order valence-electron chi connectivity index (χ1n) is 7.62. The van der Waals surface area contributed by atoms with E-state index in [0.717, 1.165) is 18.4 Å². The maximum Gasteiger partial charge on any atom is 0.254 e. The highest BCUT2D eigenvalue weighted by molar-refractivity contribution is 5.94. The summed E-state index contributed by atoms with van der Waals surface area (Å²) in [4.78, 5) is 18.6. The summed E-state index contributed by atoms with van der Waals surface area (Å²) in [6.07, 6.45) is 5.68. The monoisotopic (exact) mass is 296 g/mol. The number of benzene rings is 1. The number of hydrogen-bond acceptors (Lipinski definition) is 3. The lowest BCUT2D eigenvalue weighted by molar-refractivity contribution is 0.0412. The van der Waals surface area contributed by atoms with Crippen molar-refractivity contribution in [1.82, 2.24) is 9.88 Å². The lowest BCUT2D eigenvalue weighted by Gasteiger charge is -2.37. The number of carbonyl (C=O) groups excluding carboxylic acids is 1. The average Bonchev–Trinajstić information content (AvgIpc) is 3.00. The molecule has 0 radical (unpaired) electrons. The summed E-state index contributed by atoms with van der Waals surface area (Å²) in [5.41, 5.74) is 1.27. The molecule has 1 atom stereocenters. The summed E-state index contributed by atoms with van der Waals surface area (Å²) < 4.78 is 0. The maximum absolute atomic E-state index is 12.8. The van der Waals surface area contributed by atoms with E-state index in [2.05, 4.69) is 4.98 Å². The van der Waals surface area contributed by atoms with Crippen LogP contribution in [0.15, 0.2) is 54.9 Å². The van der Waals surface area contributed by atoms with E-state index in [1.807, 2.05) is 35.2 Å². The van der Waals surface area contributed by atoms with Gasteiger partial charge in [-0.1, -0.05) is 30.3 Å². The summed E-state index contributed by atoms with van der Waals surface area (Å²) in [6, 6.07) is 13.5. The third-order valence-electron chi connectivity index (χ3n) is 4.44. The van der Waals surface area contributed by atoms with Crippen LogP contribution in [0, 0.1) is 0 Å². The molecular formula is C18H20N2O2. The van der Waals surface area contributed by atoms with Crippen LogP contribution in [0.25, 0.3) is 0 Å². The molecule has 1 aliphatic rings. The first kappa shape index (κ1) is 14.7. The second-order valence-electron chi connectivity index (χ2n) is 5.84. The highest BCUT2D eigenvalue weighted by atomic mass is 16.3. The Hall–Kier alpha value is -2.20.